The predicted octanol–water partition coefficient (Wildman–Crippen LogP) is 1.97. The summed E-state index contributed by atoms with van der Waals surface area (Å²) in [6, 6.07) is 4.11. The lowest BCUT2D eigenvalue weighted by Crippen LogP contribution is -2.39. The number of aliphatic hydroxyl groups excluding tert-OH is 1. The number of hydrogen-bond donors (Lipinski definition) is 2. The van der Waals surface area contributed by atoms with Gasteiger partial charge in [-0.05, 0) is 24.1 Å². The summed E-state index contributed by atoms with van der Waals surface area (Å²) in [5.74, 6) is -1.61. The maximum Gasteiger partial charge on any atom is 0.227 e. The molecule has 126 valence electrons. The number of carbonyl (C=O) groups is 2. The number of nitrogens with zero attached hydrogens (tertiary/aromatic N) is 1. The van der Waals surface area contributed by atoms with Gasteiger partial charge in [-0.2, -0.15) is 0 Å². The van der Waals surface area contributed by atoms with Crippen molar-refractivity contribution in [3.63, 3.8) is 0 Å². The minimum Gasteiger partial charge on any atom is -0.391 e. The van der Waals surface area contributed by atoms with Gasteiger partial charge in [0.05, 0.1) is 17.0 Å². The van der Waals surface area contributed by atoms with E-state index in [1.807, 2.05) is 13.8 Å². The molecule has 1 aliphatic heterocycles. The molecule has 2 unspecified atom stereocenters. The molecule has 1 aliphatic rings. The van der Waals surface area contributed by atoms with Crippen molar-refractivity contribution in [1.29, 1.82) is 0 Å². The fraction of sp³-hybridized carbons (Fsp3) is 0.500. The topological polar surface area (TPSA) is 69.6 Å². The van der Waals surface area contributed by atoms with Crippen molar-refractivity contribution in [3.05, 3.63) is 29.0 Å². The summed E-state index contributed by atoms with van der Waals surface area (Å²) in [7, 11) is 0. The van der Waals surface area contributed by atoms with Crippen LogP contribution in [0.2, 0.25) is 5.02 Å². The number of rotatable bonds is 5. The van der Waals surface area contributed by atoms with Crippen LogP contribution >= 0.6 is 11.6 Å². The van der Waals surface area contributed by atoms with Gasteiger partial charge in [-0.15, -0.1) is 0 Å². The van der Waals surface area contributed by atoms with E-state index in [-0.39, 0.29) is 42.3 Å². The van der Waals surface area contributed by atoms with Gasteiger partial charge in [0, 0.05) is 25.2 Å². The average molecular weight is 343 g/mol. The second kappa shape index (κ2) is 7.27. The lowest BCUT2D eigenvalue weighted by Gasteiger charge is -2.18. The van der Waals surface area contributed by atoms with Crippen molar-refractivity contribution in [2.24, 2.45) is 11.8 Å². The van der Waals surface area contributed by atoms with Crippen LogP contribution in [-0.4, -0.2) is 36.1 Å². The molecule has 0 saturated carbocycles. The Bertz CT molecular complexity index is 609. The monoisotopic (exact) mass is 342 g/mol. The van der Waals surface area contributed by atoms with Crippen LogP contribution in [0.5, 0.6) is 0 Å². The van der Waals surface area contributed by atoms with Crippen LogP contribution in [0.1, 0.15) is 20.3 Å². The Morgan fingerprint density at radius 1 is 1.52 bits per heavy atom. The fourth-order valence-corrected chi connectivity index (χ4v) is 2.49. The first-order valence-electron chi connectivity index (χ1n) is 7.50. The molecule has 2 N–H and O–H groups in total. The van der Waals surface area contributed by atoms with E-state index in [1.165, 1.54) is 17.0 Å². The third-order valence-corrected chi connectivity index (χ3v) is 4.27. The smallest absolute Gasteiger partial charge is 0.227 e. The number of nitrogens with one attached hydrogen (secondary N) is 1. The van der Waals surface area contributed by atoms with Gasteiger partial charge in [0.2, 0.25) is 11.8 Å². The highest BCUT2D eigenvalue weighted by Gasteiger charge is 2.35. The summed E-state index contributed by atoms with van der Waals surface area (Å²) < 4.78 is 13.5. The van der Waals surface area contributed by atoms with Crippen LogP contribution < -0.4 is 10.2 Å². The van der Waals surface area contributed by atoms with E-state index in [0.29, 0.717) is 5.69 Å². The molecule has 0 spiro atoms. The number of benzene rings is 1. The van der Waals surface area contributed by atoms with Gasteiger partial charge in [0.1, 0.15) is 5.82 Å². The maximum atomic E-state index is 13.5. The second-order valence-corrected chi connectivity index (χ2v) is 6.47. The molecule has 2 atom stereocenters. The van der Waals surface area contributed by atoms with Gasteiger partial charge in [0.15, 0.2) is 0 Å². The summed E-state index contributed by atoms with van der Waals surface area (Å²) in [5, 5.41) is 12.3. The predicted molar refractivity (Wildman–Crippen MR) is 85.7 cm³/mol. The van der Waals surface area contributed by atoms with Gasteiger partial charge in [0.25, 0.3) is 0 Å². The quantitative estimate of drug-likeness (QED) is 0.859. The largest absolute Gasteiger partial charge is 0.391 e. The van der Waals surface area contributed by atoms with Crippen LogP contribution in [0.15, 0.2) is 18.2 Å². The summed E-state index contributed by atoms with van der Waals surface area (Å²) in [4.78, 5) is 25.6. The highest BCUT2D eigenvalue weighted by molar-refractivity contribution is 6.30. The summed E-state index contributed by atoms with van der Waals surface area (Å²) in [5.41, 5.74) is 0.384. The summed E-state index contributed by atoms with van der Waals surface area (Å²) in [6.45, 7) is 4.04. The number of aliphatic hydroxyl groups is 1. The third-order valence-electron chi connectivity index (χ3n) is 3.97. The van der Waals surface area contributed by atoms with Crippen LogP contribution in [0, 0.1) is 17.7 Å². The highest BCUT2D eigenvalue weighted by atomic mass is 35.5. The number of carbonyl (C=O) groups excluding carboxylic acids is 2. The zero-order valence-electron chi connectivity index (χ0n) is 13.1. The van der Waals surface area contributed by atoms with Crippen molar-refractivity contribution < 1.29 is 19.1 Å². The number of amides is 2. The van der Waals surface area contributed by atoms with Gasteiger partial charge in [-0.3, -0.25) is 9.59 Å². The minimum atomic E-state index is -0.627. The zero-order valence-corrected chi connectivity index (χ0v) is 13.8. The Kier molecular flexibility index (Phi) is 5.59. The summed E-state index contributed by atoms with van der Waals surface area (Å²) in [6.07, 6.45) is -0.564. The van der Waals surface area contributed by atoms with E-state index in [2.05, 4.69) is 5.32 Å². The molecule has 0 aliphatic carbocycles. The molecule has 0 bridgehead atoms. The first-order valence-corrected chi connectivity index (χ1v) is 7.88. The average Bonchev–Trinajstić information content (AvgIpc) is 2.89. The Labute approximate surface area is 139 Å². The van der Waals surface area contributed by atoms with Gasteiger partial charge < -0.3 is 15.3 Å². The standard InChI is InChI=1S/C16H20ClFN2O3/c1-9(2)14(21)7-19-16(23)10-5-15(22)20(8-10)11-3-4-12(17)13(18)6-11/h3-4,6,9-10,14,21H,5,7-8H2,1-2H3,(H,19,23). The Morgan fingerprint density at radius 2 is 2.22 bits per heavy atom. The van der Waals surface area contributed by atoms with Gasteiger partial charge in [-0.1, -0.05) is 25.4 Å². The van der Waals surface area contributed by atoms with Crippen LogP contribution in [0.25, 0.3) is 0 Å². The highest BCUT2D eigenvalue weighted by Crippen LogP contribution is 2.28. The Hall–Kier alpha value is -1.66. The van der Waals surface area contributed by atoms with Crippen LogP contribution in [0.4, 0.5) is 10.1 Å². The van der Waals surface area contributed by atoms with Crippen molar-refractivity contribution in [2.75, 3.05) is 18.0 Å². The maximum absolute atomic E-state index is 13.5. The normalized spacial score (nSPS) is 19.3. The van der Waals surface area contributed by atoms with Gasteiger partial charge in [-0.25, -0.2) is 4.39 Å². The molecule has 0 aromatic heterocycles. The number of hydrogen-bond acceptors (Lipinski definition) is 3. The molecule has 1 heterocycles. The van der Waals surface area contributed by atoms with E-state index in [4.69, 9.17) is 11.6 Å². The molecule has 1 aromatic carbocycles. The molecule has 1 saturated heterocycles. The van der Waals surface area contributed by atoms with E-state index in [9.17, 15) is 19.1 Å². The van der Waals surface area contributed by atoms with Crippen molar-refractivity contribution in [1.82, 2.24) is 5.32 Å². The lowest BCUT2D eigenvalue weighted by molar-refractivity contribution is -0.126. The van der Waals surface area contributed by atoms with Crippen molar-refractivity contribution >= 4 is 29.1 Å². The van der Waals surface area contributed by atoms with E-state index in [0.717, 1.165) is 0 Å². The number of anilines is 1. The van der Waals surface area contributed by atoms with E-state index in [1.54, 1.807) is 6.07 Å². The summed E-state index contributed by atoms with van der Waals surface area (Å²) >= 11 is 5.63. The van der Waals surface area contributed by atoms with Crippen molar-refractivity contribution in [2.45, 2.75) is 26.4 Å². The molecular formula is C16H20ClFN2O3. The minimum absolute atomic E-state index is 0.0163. The van der Waals surface area contributed by atoms with Gasteiger partial charge >= 0.3 is 0 Å². The Balaban J connectivity index is 1.99. The van der Waals surface area contributed by atoms with E-state index < -0.39 is 17.8 Å². The molecular weight excluding hydrogens is 323 g/mol. The number of halogens is 2. The molecule has 0 radical (unpaired) electrons. The molecule has 1 aromatic rings. The van der Waals surface area contributed by atoms with E-state index >= 15 is 0 Å². The first kappa shape index (κ1) is 17.7. The third kappa shape index (κ3) is 4.20. The molecule has 23 heavy (non-hydrogen) atoms. The van der Waals surface area contributed by atoms with Crippen LogP contribution in [-0.2, 0) is 9.59 Å². The van der Waals surface area contributed by atoms with Crippen molar-refractivity contribution in [3.8, 4) is 0 Å². The molecule has 5 nitrogen and oxygen atoms in total. The lowest BCUT2D eigenvalue weighted by atomic mass is 10.1. The fourth-order valence-electron chi connectivity index (χ4n) is 2.37. The van der Waals surface area contributed by atoms with Crippen LogP contribution in [0.3, 0.4) is 0 Å². The SMILES string of the molecule is CC(C)C(O)CNC(=O)C1CC(=O)N(c2ccc(Cl)c(F)c2)C1. The molecule has 2 amide bonds. The second-order valence-electron chi connectivity index (χ2n) is 6.06. The molecule has 2 rings (SSSR count). The Morgan fingerprint density at radius 3 is 2.83 bits per heavy atom. The first-order chi connectivity index (χ1) is 10.8. The zero-order chi connectivity index (χ0) is 17.1. The molecule has 1 fully saturated rings. The molecule has 7 heteroatoms.